The van der Waals surface area contributed by atoms with E-state index in [1.54, 1.807) is 26.5 Å². The van der Waals surface area contributed by atoms with Gasteiger partial charge < -0.3 is 19.4 Å². The molecule has 5 nitrogen and oxygen atoms in total. The highest BCUT2D eigenvalue weighted by Crippen LogP contribution is 2.33. The van der Waals surface area contributed by atoms with Crippen LogP contribution in [0.15, 0.2) is 24.5 Å². The highest BCUT2D eigenvalue weighted by atomic mass is 35.5. The standard InChI is InChI=1S/C15H20ClN3O2/c1-10-7-13(14(21-4)8-12(10)16)18-15-17-5-6-19(15)11(2)9-20-3/h5-8,11H,9H2,1-4H3,(H,17,18). The summed E-state index contributed by atoms with van der Waals surface area (Å²) in [5.41, 5.74) is 1.81. The van der Waals surface area contributed by atoms with Crippen LogP contribution in [0.25, 0.3) is 0 Å². The molecular weight excluding hydrogens is 290 g/mol. The van der Waals surface area contributed by atoms with Gasteiger partial charge in [-0.15, -0.1) is 0 Å². The van der Waals surface area contributed by atoms with E-state index in [0.29, 0.717) is 17.4 Å². The third-order valence-electron chi connectivity index (χ3n) is 3.28. The lowest BCUT2D eigenvalue weighted by Crippen LogP contribution is -2.13. The SMILES string of the molecule is COCC(C)n1ccnc1Nc1cc(C)c(Cl)cc1OC. The molecule has 0 aliphatic rings. The number of hydrogen-bond donors (Lipinski definition) is 1. The summed E-state index contributed by atoms with van der Waals surface area (Å²) in [4.78, 5) is 4.35. The molecule has 1 aromatic heterocycles. The third-order valence-corrected chi connectivity index (χ3v) is 3.69. The predicted octanol–water partition coefficient (Wildman–Crippen LogP) is 3.80. The van der Waals surface area contributed by atoms with Crippen molar-refractivity contribution in [1.29, 1.82) is 0 Å². The molecule has 1 atom stereocenters. The van der Waals surface area contributed by atoms with Crippen molar-refractivity contribution in [3.8, 4) is 5.75 Å². The maximum atomic E-state index is 6.12. The van der Waals surface area contributed by atoms with E-state index >= 15 is 0 Å². The first-order chi connectivity index (χ1) is 10.1. The molecule has 1 N–H and O–H groups in total. The van der Waals surface area contributed by atoms with E-state index in [9.17, 15) is 0 Å². The normalized spacial score (nSPS) is 12.2. The van der Waals surface area contributed by atoms with Crippen molar-refractivity contribution < 1.29 is 9.47 Å². The number of nitrogens with one attached hydrogen (secondary N) is 1. The maximum absolute atomic E-state index is 6.12. The minimum atomic E-state index is 0.180. The first-order valence-corrected chi connectivity index (χ1v) is 7.07. The number of methoxy groups -OCH3 is 2. The van der Waals surface area contributed by atoms with Gasteiger partial charge in [0.1, 0.15) is 5.75 Å². The number of aromatic nitrogens is 2. The van der Waals surface area contributed by atoms with Gasteiger partial charge in [0.2, 0.25) is 5.95 Å². The summed E-state index contributed by atoms with van der Waals surface area (Å²) in [7, 11) is 3.30. The van der Waals surface area contributed by atoms with E-state index < -0.39 is 0 Å². The first-order valence-electron chi connectivity index (χ1n) is 6.69. The van der Waals surface area contributed by atoms with Crippen LogP contribution >= 0.6 is 11.6 Å². The Kier molecular flexibility index (Phi) is 5.09. The van der Waals surface area contributed by atoms with Gasteiger partial charge in [-0.25, -0.2) is 4.98 Å². The van der Waals surface area contributed by atoms with Crippen LogP contribution in [0.3, 0.4) is 0 Å². The van der Waals surface area contributed by atoms with E-state index in [1.807, 2.05) is 23.8 Å². The summed E-state index contributed by atoms with van der Waals surface area (Å²) < 4.78 is 12.6. The number of nitrogens with zero attached hydrogens (tertiary/aromatic N) is 2. The number of benzene rings is 1. The minimum Gasteiger partial charge on any atom is -0.495 e. The molecular formula is C15H20ClN3O2. The quantitative estimate of drug-likeness (QED) is 0.881. The summed E-state index contributed by atoms with van der Waals surface area (Å²) in [5.74, 6) is 1.42. The lowest BCUT2D eigenvalue weighted by atomic mass is 10.2. The molecule has 0 amide bonds. The Morgan fingerprint density at radius 1 is 1.38 bits per heavy atom. The lowest BCUT2D eigenvalue weighted by Gasteiger charge is -2.18. The summed E-state index contributed by atoms with van der Waals surface area (Å²) in [6.07, 6.45) is 3.67. The van der Waals surface area contributed by atoms with Gasteiger partial charge in [-0.1, -0.05) is 11.6 Å². The molecule has 1 heterocycles. The molecule has 0 fully saturated rings. The number of hydrogen-bond acceptors (Lipinski definition) is 4. The zero-order valence-corrected chi connectivity index (χ0v) is 13.4. The second kappa shape index (κ2) is 6.83. The van der Waals surface area contributed by atoms with Gasteiger partial charge in [0, 0.05) is 30.6 Å². The molecule has 0 saturated heterocycles. The molecule has 0 bridgehead atoms. The predicted molar refractivity (Wildman–Crippen MR) is 84.8 cm³/mol. The van der Waals surface area contributed by atoms with Crippen LogP contribution < -0.4 is 10.1 Å². The molecule has 0 saturated carbocycles. The average molecular weight is 310 g/mol. The molecule has 6 heteroatoms. The zero-order valence-electron chi connectivity index (χ0n) is 12.7. The minimum absolute atomic E-state index is 0.180. The Hall–Kier alpha value is -1.72. The molecule has 1 aromatic carbocycles. The Morgan fingerprint density at radius 3 is 2.81 bits per heavy atom. The van der Waals surface area contributed by atoms with Crippen molar-refractivity contribution in [3.63, 3.8) is 0 Å². The summed E-state index contributed by atoms with van der Waals surface area (Å²) in [5, 5.41) is 3.97. The fourth-order valence-electron chi connectivity index (χ4n) is 2.14. The molecule has 1 unspecified atom stereocenters. The Labute approximate surface area is 129 Å². The van der Waals surface area contributed by atoms with Gasteiger partial charge in [-0.3, -0.25) is 0 Å². The van der Waals surface area contributed by atoms with Crippen molar-refractivity contribution in [2.24, 2.45) is 0 Å². The number of rotatable bonds is 6. The summed E-state index contributed by atoms with van der Waals surface area (Å²) in [6, 6.07) is 3.92. The van der Waals surface area contributed by atoms with Gasteiger partial charge in [-0.2, -0.15) is 0 Å². The molecule has 0 radical (unpaired) electrons. The Balaban J connectivity index is 2.31. The van der Waals surface area contributed by atoms with Crippen LogP contribution in [0.2, 0.25) is 5.02 Å². The van der Waals surface area contributed by atoms with Crippen LogP contribution in [-0.4, -0.2) is 30.4 Å². The molecule has 0 spiro atoms. The zero-order chi connectivity index (χ0) is 15.4. The van der Waals surface area contributed by atoms with Crippen molar-refractivity contribution in [3.05, 3.63) is 35.1 Å². The van der Waals surface area contributed by atoms with Gasteiger partial charge in [0.25, 0.3) is 0 Å². The number of halogens is 1. The highest BCUT2D eigenvalue weighted by molar-refractivity contribution is 6.31. The van der Waals surface area contributed by atoms with Crippen LogP contribution in [0, 0.1) is 6.92 Å². The van der Waals surface area contributed by atoms with E-state index in [-0.39, 0.29) is 6.04 Å². The van der Waals surface area contributed by atoms with Crippen molar-refractivity contribution in [2.45, 2.75) is 19.9 Å². The third kappa shape index (κ3) is 3.49. The van der Waals surface area contributed by atoms with Gasteiger partial charge in [0.15, 0.2) is 0 Å². The number of ether oxygens (including phenoxy) is 2. The number of anilines is 2. The second-order valence-corrected chi connectivity index (χ2v) is 5.30. The number of imidazole rings is 1. The largest absolute Gasteiger partial charge is 0.495 e. The molecule has 0 aliphatic heterocycles. The average Bonchev–Trinajstić information content (AvgIpc) is 2.91. The molecule has 114 valence electrons. The smallest absolute Gasteiger partial charge is 0.207 e. The summed E-state index contributed by atoms with van der Waals surface area (Å²) >= 11 is 6.12. The lowest BCUT2D eigenvalue weighted by molar-refractivity contribution is 0.163. The first kappa shape index (κ1) is 15.7. The van der Waals surface area contributed by atoms with Gasteiger partial charge in [0.05, 0.1) is 25.4 Å². The Bertz CT molecular complexity index is 613. The van der Waals surface area contributed by atoms with Crippen LogP contribution in [0.5, 0.6) is 5.75 Å². The highest BCUT2D eigenvalue weighted by Gasteiger charge is 2.13. The molecule has 2 rings (SSSR count). The molecule has 0 aliphatic carbocycles. The van der Waals surface area contributed by atoms with E-state index in [2.05, 4.69) is 17.2 Å². The van der Waals surface area contributed by atoms with Crippen molar-refractivity contribution >= 4 is 23.2 Å². The van der Waals surface area contributed by atoms with Gasteiger partial charge in [-0.05, 0) is 25.5 Å². The van der Waals surface area contributed by atoms with E-state index in [4.69, 9.17) is 21.1 Å². The fourth-order valence-corrected chi connectivity index (χ4v) is 2.29. The van der Waals surface area contributed by atoms with Crippen molar-refractivity contribution in [1.82, 2.24) is 9.55 Å². The molecule has 21 heavy (non-hydrogen) atoms. The van der Waals surface area contributed by atoms with E-state index in [0.717, 1.165) is 17.2 Å². The van der Waals surface area contributed by atoms with Crippen molar-refractivity contribution in [2.75, 3.05) is 26.1 Å². The molecule has 2 aromatic rings. The van der Waals surface area contributed by atoms with E-state index in [1.165, 1.54) is 0 Å². The topological polar surface area (TPSA) is 48.3 Å². The van der Waals surface area contributed by atoms with Crippen LogP contribution in [-0.2, 0) is 4.74 Å². The Morgan fingerprint density at radius 2 is 2.14 bits per heavy atom. The summed E-state index contributed by atoms with van der Waals surface area (Å²) in [6.45, 7) is 4.63. The maximum Gasteiger partial charge on any atom is 0.207 e. The monoisotopic (exact) mass is 309 g/mol. The van der Waals surface area contributed by atoms with Gasteiger partial charge >= 0.3 is 0 Å². The van der Waals surface area contributed by atoms with Crippen LogP contribution in [0.1, 0.15) is 18.5 Å². The number of aryl methyl sites for hydroxylation is 1. The fraction of sp³-hybridized carbons (Fsp3) is 0.400. The second-order valence-electron chi connectivity index (χ2n) is 4.89. The van der Waals surface area contributed by atoms with Crippen LogP contribution in [0.4, 0.5) is 11.6 Å².